The topological polar surface area (TPSA) is 56.9 Å². The summed E-state index contributed by atoms with van der Waals surface area (Å²) < 4.78 is 13.8. The number of rotatable bonds is 4. The number of nitrogens with one attached hydrogen (secondary N) is 3. The van der Waals surface area contributed by atoms with Crippen molar-refractivity contribution >= 4 is 33.9 Å². The predicted molar refractivity (Wildman–Crippen MR) is 102 cm³/mol. The molecule has 0 aliphatic carbocycles. The lowest BCUT2D eigenvalue weighted by Gasteiger charge is -2.08. The molecule has 0 aliphatic rings. The Labute approximate surface area is 149 Å². The van der Waals surface area contributed by atoms with Gasteiger partial charge < -0.3 is 15.6 Å². The summed E-state index contributed by atoms with van der Waals surface area (Å²) in [6.07, 6.45) is 0. The van der Waals surface area contributed by atoms with Crippen LogP contribution in [0.3, 0.4) is 0 Å². The van der Waals surface area contributed by atoms with E-state index in [-0.39, 0.29) is 11.7 Å². The van der Waals surface area contributed by atoms with E-state index in [4.69, 9.17) is 0 Å². The standard InChI is InChI=1S/C21H16FN3O/c22-18-7-4-8-19-17(18)13-20(25-19)21(26)24-16-11-9-15(10-12-16)23-14-5-2-1-3-6-14/h1-13,23,25H,(H,24,26). The Morgan fingerprint density at radius 1 is 0.808 bits per heavy atom. The van der Waals surface area contributed by atoms with Gasteiger partial charge in [0.25, 0.3) is 5.91 Å². The van der Waals surface area contributed by atoms with Crippen LogP contribution in [0.1, 0.15) is 10.5 Å². The highest BCUT2D eigenvalue weighted by Crippen LogP contribution is 2.21. The first-order valence-electron chi connectivity index (χ1n) is 8.20. The number of aromatic nitrogens is 1. The minimum atomic E-state index is -0.353. The summed E-state index contributed by atoms with van der Waals surface area (Å²) in [5, 5.41) is 6.49. The van der Waals surface area contributed by atoms with Crippen molar-refractivity contribution in [2.24, 2.45) is 0 Å². The van der Waals surface area contributed by atoms with Crippen LogP contribution in [0.4, 0.5) is 21.5 Å². The molecule has 0 bridgehead atoms. The molecule has 1 heterocycles. The zero-order valence-corrected chi connectivity index (χ0v) is 13.8. The van der Waals surface area contributed by atoms with E-state index in [1.54, 1.807) is 12.1 Å². The average Bonchev–Trinajstić information content (AvgIpc) is 3.10. The third-order valence-corrected chi connectivity index (χ3v) is 4.06. The largest absolute Gasteiger partial charge is 0.356 e. The van der Waals surface area contributed by atoms with Crippen LogP contribution >= 0.6 is 0 Å². The molecule has 1 aromatic heterocycles. The van der Waals surface area contributed by atoms with Crippen LogP contribution in [0.5, 0.6) is 0 Å². The highest BCUT2D eigenvalue weighted by molar-refractivity contribution is 6.06. The molecule has 0 radical (unpaired) electrons. The number of amides is 1. The van der Waals surface area contributed by atoms with Crippen molar-refractivity contribution in [1.29, 1.82) is 0 Å². The van der Waals surface area contributed by atoms with Crippen molar-refractivity contribution in [1.82, 2.24) is 4.98 Å². The first kappa shape index (κ1) is 15.9. The van der Waals surface area contributed by atoms with Crippen LogP contribution in [0.25, 0.3) is 10.9 Å². The van der Waals surface area contributed by atoms with Crippen LogP contribution in [0.15, 0.2) is 78.9 Å². The Morgan fingerprint density at radius 2 is 1.50 bits per heavy atom. The zero-order valence-electron chi connectivity index (χ0n) is 13.8. The minimum Gasteiger partial charge on any atom is -0.356 e. The molecule has 0 atom stereocenters. The zero-order chi connectivity index (χ0) is 17.9. The maximum Gasteiger partial charge on any atom is 0.272 e. The lowest BCUT2D eigenvalue weighted by Crippen LogP contribution is -2.12. The number of halogens is 1. The van der Waals surface area contributed by atoms with E-state index >= 15 is 0 Å². The summed E-state index contributed by atoms with van der Waals surface area (Å²) in [6.45, 7) is 0. The second kappa shape index (κ2) is 6.72. The van der Waals surface area contributed by atoms with E-state index < -0.39 is 0 Å². The Morgan fingerprint density at radius 3 is 2.23 bits per heavy atom. The SMILES string of the molecule is O=C(Nc1ccc(Nc2ccccc2)cc1)c1cc2c(F)cccc2[nH]1. The first-order valence-corrected chi connectivity index (χ1v) is 8.20. The number of benzene rings is 3. The van der Waals surface area contributed by atoms with Crippen molar-refractivity contribution in [3.05, 3.63) is 90.4 Å². The summed E-state index contributed by atoms with van der Waals surface area (Å²) in [6, 6.07) is 23.4. The molecule has 26 heavy (non-hydrogen) atoms. The third-order valence-electron chi connectivity index (χ3n) is 4.06. The summed E-state index contributed by atoms with van der Waals surface area (Å²) in [4.78, 5) is 15.3. The molecule has 3 N–H and O–H groups in total. The molecule has 0 unspecified atom stereocenters. The number of anilines is 3. The molecule has 0 spiro atoms. The predicted octanol–water partition coefficient (Wildman–Crippen LogP) is 5.30. The smallest absolute Gasteiger partial charge is 0.272 e. The van der Waals surface area contributed by atoms with Gasteiger partial charge in [0.15, 0.2) is 0 Å². The minimum absolute atomic E-state index is 0.315. The second-order valence-corrected chi connectivity index (χ2v) is 5.91. The first-order chi connectivity index (χ1) is 12.7. The average molecular weight is 345 g/mol. The summed E-state index contributed by atoms with van der Waals surface area (Å²) >= 11 is 0. The van der Waals surface area contributed by atoms with Crippen molar-refractivity contribution in [3.8, 4) is 0 Å². The van der Waals surface area contributed by atoms with Crippen LogP contribution in [-0.2, 0) is 0 Å². The monoisotopic (exact) mass is 345 g/mol. The van der Waals surface area contributed by atoms with Gasteiger partial charge >= 0.3 is 0 Å². The Bertz CT molecular complexity index is 1060. The van der Waals surface area contributed by atoms with Crippen molar-refractivity contribution < 1.29 is 9.18 Å². The molecular weight excluding hydrogens is 329 g/mol. The Kier molecular flexibility index (Phi) is 4.11. The van der Waals surface area contributed by atoms with Gasteiger partial charge in [0, 0.05) is 28.0 Å². The van der Waals surface area contributed by atoms with Gasteiger partial charge in [-0.15, -0.1) is 0 Å². The van der Waals surface area contributed by atoms with E-state index in [0.29, 0.717) is 22.3 Å². The van der Waals surface area contributed by atoms with E-state index in [0.717, 1.165) is 11.4 Å². The molecule has 0 saturated heterocycles. The van der Waals surface area contributed by atoms with Crippen LogP contribution in [-0.4, -0.2) is 10.9 Å². The van der Waals surface area contributed by atoms with Gasteiger partial charge in [-0.05, 0) is 54.6 Å². The number of hydrogen-bond acceptors (Lipinski definition) is 2. The Hall–Kier alpha value is -3.60. The molecule has 4 rings (SSSR count). The number of aromatic amines is 1. The number of para-hydroxylation sites is 1. The summed E-state index contributed by atoms with van der Waals surface area (Å²) in [7, 11) is 0. The number of H-pyrrole nitrogens is 1. The fraction of sp³-hybridized carbons (Fsp3) is 0. The molecule has 1 amide bonds. The number of fused-ring (bicyclic) bond motifs is 1. The molecule has 128 valence electrons. The molecule has 5 heteroatoms. The Balaban J connectivity index is 1.47. The van der Waals surface area contributed by atoms with E-state index in [9.17, 15) is 9.18 Å². The van der Waals surface area contributed by atoms with Gasteiger partial charge in [-0.3, -0.25) is 4.79 Å². The van der Waals surface area contributed by atoms with Crippen molar-refractivity contribution in [3.63, 3.8) is 0 Å². The van der Waals surface area contributed by atoms with E-state index in [2.05, 4.69) is 15.6 Å². The highest BCUT2D eigenvalue weighted by atomic mass is 19.1. The maximum atomic E-state index is 13.8. The molecule has 0 aliphatic heterocycles. The second-order valence-electron chi connectivity index (χ2n) is 5.91. The van der Waals surface area contributed by atoms with Crippen LogP contribution < -0.4 is 10.6 Å². The van der Waals surface area contributed by atoms with E-state index in [1.165, 1.54) is 12.1 Å². The normalized spacial score (nSPS) is 10.7. The number of hydrogen-bond donors (Lipinski definition) is 3. The lowest BCUT2D eigenvalue weighted by atomic mass is 10.2. The van der Waals surface area contributed by atoms with Crippen LogP contribution in [0.2, 0.25) is 0 Å². The quantitative estimate of drug-likeness (QED) is 0.470. The summed E-state index contributed by atoms with van der Waals surface area (Å²) in [5.74, 6) is -0.668. The van der Waals surface area contributed by atoms with Gasteiger partial charge in [-0.25, -0.2) is 4.39 Å². The van der Waals surface area contributed by atoms with Gasteiger partial charge in [0.05, 0.1) is 0 Å². The molecule has 0 saturated carbocycles. The van der Waals surface area contributed by atoms with Crippen molar-refractivity contribution in [2.45, 2.75) is 0 Å². The molecule has 0 fully saturated rings. The molecule has 4 aromatic rings. The van der Waals surface area contributed by atoms with Gasteiger partial charge in [-0.2, -0.15) is 0 Å². The van der Waals surface area contributed by atoms with Crippen LogP contribution in [0, 0.1) is 5.82 Å². The fourth-order valence-electron chi connectivity index (χ4n) is 2.76. The molecule has 4 nitrogen and oxygen atoms in total. The highest BCUT2D eigenvalue weighted by Gasteiger charge is 2.12. The molecule has 3 aromatic carbocycles. The lowest BCUT2D eigenvalue weighted by molar-refractivity contribution is 0.102. The van der Waals surface area contributed by atoms with Crippen molar-refractivity contribution in [2.75, 3.05) is 10.6 Å². The van der Waals surface area contributed by atoms with Gasteiger partial charge in [-0.1, -0.05) is 24.3 Å². The maximum absolute atomic E-state index is 13.8. The van der Waals surface area contributed by atoms with Gasteiger partial charge in [0.2, 0.25) is 0 Å². The number of carbonyl (C=O) groups is 1. The van der Waals surface area contributed by atoms with Gasteiger partial charge in [0.1, 0.15) is 11.5 Å². The fourth-order valence-corrected chi connectivity index (χ4v) is 2.76. The molecular formula is C21H16FN3O. The summed E-state index contributed by atoms with van der Waals surface area (Å²) in [5.41, 5.74) is 3.48. The van der Waals surface area contributed by atoms with E-state index in [1.807, 2.05) is 54.6 Å². The number of carbonyl (C=O) groups excluding carboxylic acids is 1. The third kappa shape index (κ3) is 3.28.